The lowest BCUT2D eigenvalue weighted by molar-refractivity contribution is -0.147. The minimum Gasteiger partial charge on any atom is -0.480 e. The Morgan fingerprint density at radius 2 is 1.64 bits per heavy atom. The Kier molecular flexibility index (Phi) is 7.74. The molecular weight excluding hydrogens is 420 g/mol. The first-order valence-corrected chi connectivity index (χ1v) is 11.4. The zero-order valence-electron chi connectivity index (χ0n) is 19.4. The fourth-order valence-corrected chi connectivity index (χ4v) is 4.05. The number of carbonyl (C=O) groups excluding carboxylic acids is 2. The van der Waals surface area contributed by atoms with Gasteiger partial charge >= 0.3 is 12.1 Å². The largest absolute Gasteiger partial charge is 0.480 e. The molecule has 3 rings (SSSR count). The van der Waals surface area contributed by atoms with Gasteiger partial charge in [-0.2, -0.15) is 0 Å². The maximum atomic E-state index is 12.3. The molecule has 0 bridgehead atoms. The van der Waals surface area contributed by atoms with E-state index in [0.717, 1.165) is 11.1 Å². The Labute approximate surface area is 194 Å². The molecular formula is C26H32N2O5. The molecule has 3 N–H and O–H groups in total. The third kappa shape index (κ3) is 5.72. The van der Waals surface area contributed by atoms with Crippen LogP contribution in [-0.2, 0) is 14.3 Å². The van der Waals surface area contributed by atoms with E-state index in [1.54, 1.807) is 6.92 Å². The standard InChI is InChI=1S/C26H32N2O5/c1-4-26(3,24(30)31)28-23(29)14-13-17(2)15-27-25(32)33-16-22-20-11-7-5-9-18(20)19-10-6-8-12-21(19)22/h5-12,17,22H,4,13-16H2,1-3H3,(H,27,32)(H,28,29)(H,30,31). The van der Waals surface area contributed by atoms with Crippen molar-refractivity contribution in [3.05, 3.63) is 59.7 Å². The molecule has 0 aromatic heterocycles. The van der Waals surface area contributed by atoms with Crippen molar-refractivity contribution in [2.45, 2.75) is 51.5 Å². The van der Waals surface area contributed by atoms with Crippen LogP contribution in [0.3, 0.4) is 0 Å². The van der Waals surface area contributed by atoms with Gasteiger partial charge in [0.2, 0.25) is 5.91 Å². The van der Waals surface area contributed by atoms with Gasteiger partial charge in [0, 0.05) is 18.9 Å². The number of rotatable bonds is 10. The van der Waals surface area contributed by atoms with Gasteiger partial charge in [0.1, 0.15) is 12.1 Å². The first kappa shape index (κ1) is 24.3. The van der Waals surface area contributed by atoms with E-state index in [4.69, 9.17) is 4.74 Å². The number of hydrogen-bond acceptors (Lipinski definition) is 4. The second-order valence-electron chi connectivity index (χ2n) is 8.89. The van der Waals surface area contributed by atoms with Gasteiger partial charge in [0.15, 0.2) is 0 Å². The summed E-state index contributed by atoms with van der Waals surface area (Å²) < 4.78 is 5.53. The molecule has 0 saturated heterocycles. The molecule has 2 atom stereocenters. The second kappa shape index (κ2) is 10.5. The van der Waals surface area contributed by atoms with E-state index < -0.39 is 17.6 Å². The van der Waals surface area contributed by atoms with Crippen molar-refractivity contribution in [2.24, 2.45) is 5.92 Å². The van der Waals surface area contributed by atoms with E-state index in [2.05, 4.69) is 34.9 Å². The zero-order chi connectivity index (χ0) is 24.0. The quantitative estimate of drug-likeness (QED) is 0.498. The van der Waals surface area contributed by atoms with Gasteiger partial charge in [-0.05, 0) is 47.9 Å². The van der Waals surface area contributed by atoms with E-state index in [0.29, 0.717) is 19.4 Å². The van der Waals surface area contributed by atoms with Crippen molar-refractivity contribution in [3.63, 3.8) is 0 Å². The average Bonchev–Trinajstić information content (AvgIpc) is 3.13. The lowest BCUT2D eigenvalue weighted by atomic mass is 9.98. The monoisotopic (exact) mass is 452 g/mol. The third-order valence-electron chi connectivity index (χ3n) is 6.40. The molecule has 7 nitrogen and oxygen atoms in total. The molecule has 7 heteroatoms. The summed E-state index contributed by atoms with van der Waals surface area (Å²) >= 11 is 0. The Morgan fingerprint density at radius 1 is 1.06 bits per heavy atom. The number of amides is 2. The first-order valence-electron chi connectivity index (χ1n) is 11.4. The minimum absolute atomic E-state index is 0.00591. The number of carbonyl (C=O) groups is 3. The molecule has 176 valence electrons. The van der Waals surface area contributed by atoms with Crippen LogP contribution in [0.2, 0.25) is 0 Å². The maximum Gasteiger partial charge on any atom is 0.407 e. The van der Waals surface area contributed by atoms with Gasteiger partial charge in [0.25, 0.3) is 0 Å². The molecule has 2 aromatic rings. The highest BCUT2D eigenvalue weighted by molar-refractivity contribution is 5.86. The number of ether oxygens (including phenoxy) is 1. The number of aliphatic carboxylic acids is 1. The minimum atomic E-state index is -1.26. The number of alkyl carbamates (subject to hydrolysis) is 1. The van der Waals surface area contributed by atoms with Crippen molar-refractivity contribution in [3.8, 4) is 11.1 Å². The Hall–Kier alpha value is -3.35. The van der Waals surface area contributed by atoms with Gasteiger partial charge in [-0.25, -0.2) is 9.59 Å². The molecule has 1 aliphatic carbocycles. The third-order valence-corrected chi connectivity index (χ3v) is 6.40. The maximum absolute atomic E-state index is 12.3. The van der Waals surface area contributed by atoms with Gasteiger partial charge in [-0.1, -0.05) is 62.4 Å². The lowest BCUT2D eigenvalue weighted by Gasteiger charge is -2.25. The number of carboxylic acids is 1. The fraction of sp³-hybridized carbons (Fsp3) is 0.423. The van der Waals surface area contributed by atoms with Crippen molar-refractivity contribution in [1.82, 2.24) is 10.6 Å². The predicted molar refractivity (Wildman–Crippen MR) is 126 cm³/mol. The van der Waals surface area contributed by atoms with Crippen LogP contribution in [0.4, 0.5) is 4.79 Å². The van der Waals surface area contributed by atoms with Crippen LogP contribution in [0.1, 0.15) is 57.1 Å². The van der Waals surface area contributed by atoms with Crippen LogP contribution < -0.4 is 10.6 Å². The van der Waals surface area contributed by atoms with Crippen molar-refractivity contribution in [2.75, 3.05) is 13.2 Å². The van der Waals surface area contributed by atoms with Gasteiger partial charge in [-0.3, -0.25) is 4.79 Å². The van der Waals surface area contributed by atoms with Crippen LogP contribution in [0, 0.1) is 5.92 Å². The van der Waals surface area contributed by atoms with Gasteiger partial charge < -0.3 is 20.5 Å². The molecule has 0 aliphatic heterocycles. The summed E-state index contributed by atoms with van der Waals surface area (Å²) in [5, 5.41) is 14.6. The highest BCUT2D eigenvalue weighted by Crippen LogP contribution is 2.44. The van der Waals surface area contributed by atoms with E-state index in [1.165, 1.54) is 18.1 Å². The smallest absolute Gasteiger partial charge is 0.407 e. The van der Waals surface area contributed by atoms with Crippen LogP contribution in [0.5, 0.6) is 0 Å². The number of fused-ring (bicyclic) bond motifs is 3. The zero-order valence-corrected chi connectivity index (χ0v) is 19.4. The average molecular weight is 453 g/mol. The van der Waals surface area contributed by atoms with Crippen LogP contribution in [0.25, 0.3) is 11.1 Å². The normalized spacial score (nSPS) is 15.0. The van der Waals surface area contributed by atoms with Crippen LogP contribution in [-0.4, -0.2) is 41.8 Å². The van der Waals surface area contributed by atoms with Crippen LogP contribution >= 0.6 is 0 Å². The SMILES string of the molecule is CCC(C)(NC(=O)CCC(C)CNC(=O)OCC1c2ccccc2-c2ccccc21)C(=O)O. The molecule has 0 radical (unpaired) electrons. The summed E-state index contributed by atoms with van der Waals surface area (Å²) in [5.41, 5.74) is 3.41. The molecule has 2 unspecified atom stereocenters. The molecule has 33 heavy (non-hydrogen) atoms. The Bertz CT molecular complexity index is 976. The molecule has 0 fully saturated rings. The first-order chi connectivity index (χ1) is 15.7. The summed E-state index contributed by atoms with van der Waals surface area (Å²) in [5.74, 6) is -1.32. The second-order valence-corrected chi connectivity index (χ2v) is 8.89. The summed E-state index contributed by atoms with van der Waals surface area (Å²) in [6, 6.07) is 16.3. The van der Waals surface area contributed by atoms with Crippen molar-refractivity contribution < 1.29 is 24.2 Å². The fourth-order valence-electron chi connectivity index (χ4n) is 4.05. The van der Waals surface area contributed by atoms with E-state index in [-0.39, 0.29) is 30.8 Å². The lowest BCUT2D eigenvalue weighted by Crippen LogP contribution is -2.51. The Morgan fingerprint density at radius 3 is 2.18 bits per heavy atom. The number of benzene rings is 2. The molecule has 2 amide bonds. The molecule has 0 saturated carbocycles. The van der Waals surface area contributed by atoms with E-state index in [1.807, 2.05) is 31.2 Å². The van der Waals surface area contributed by atoms with Gasteiger partial charge in [-0.15, -0.1) is 0 Å². The Balaban J connectivity index is 1.44. The van der Waals surface area contributed by atoms with Crippen molar-refractivity contribution >= 4 is 18.0 Å². The summed E-state index contributed by atoms with van der Waals surface area (Å²) in [6.45, 7) is 5.76. The highest BCUT2D eigenvalue weighted by Gasteiger charge is 2.32. The number of carboxylic acid groups (broad SMARTS) is 1. The number of nitrogens with one attached hydrogen (secondary N) is 2. The summed E-state index contributed by atoms with van der Waals surface area (Å²) in [4.78, 5) is 35.7. The predicted octanol–water partition coefficient (Wildman–Crippen LogP) is 4.31. The van der Waals surface area contributed by atoms with Gasteiger partial charge in [0.05, 0.1) is 0 Å². The molecule has 2 aromatic carbocycles. The number of hydrogen-bond donors (Lipinski definition) is 3. The summed E-state index contributed by atoms with van der Waals surface area (Å²) in [6.07, 6.45) is 0.524. The topological polar surface area (TPSA) is 105 Å². The summed E-state index contributed by atoms with van der Waals surface area (Å²) in [7, 11) is 0. The highest BCUT2D eigenvalue weighted by atomic mass is 16.5. The van der Waals surface area contributed by atoms with E-state index in [9.17, 15) is 19.5 Å². The van der Waals surface area contributed by atoms with Crippen molar-refractivity contribution in [1.29, 1.82) is 0 Å². The van der Waals surface area contributed by atoms with E-state index >= 15 is 0 Å². The molecule has 1 aliphatic rings. The van der Waals surface area contributed by atoms with Crippen LogP contribution in [0.15, 0.2) is 48.5 Å². The molecule has 0 spiro atoms. The molecule has 0 heterocycles.